The first kappa shape index (κ1) is 17.0. The van der Waals surface area contributed by atoms with Crippen LogP contribution in [-0.4, -0.2) is 43.3 Å². The van der Waals surface area contributed by atoms with Crippen LogP contribution in [0.5, 0.6) is 5.75 Å². The van der Waals surface area contributed by atoms with Crippen molar-refractivity contribution >= 4 is 11.9 Å². The van der Waals surface area contributed by atoms with Gasteiger partial charge in [-0.3, -0.25) is 4.79 Å². The van der Waals surface area contributed by atoms with E-state index in [2.05, 4.69) is 19.2 Å². The number of carboxylic acids is 1. The Morgan fingerprint density at radius 2 is 2.05 bits per heavy atom. The highest BCUT2D eigenvalue weighted by molar-refractivity contribution is 5.84. The zero-order valence-corrected chi connectivity index (χ0v) is 12.5. The molecule has 0 spiro atoms. The molecule has 0 heterocycles. The van der Waals surface area contributed by atoms with Gasteiger partial charge in [0.05, 0.1) is 6.61 Å². The molecule has 0 aliphatic rings. The van der Waals surface area contributed by atoms with E-state index in [4.69, 9.17) is 14.6 Å². The van der Waals surface area contributed by atoms with Gasteiger partial charge in [-0.1, -0.05) is 26.0 Å². The Bertz CT molecular complexity index is 487. The van der Waals surface area contributed by atoms with Crippen LogP contribution in [0.15, 0.2) is 24.3 Å². The van der Waals surface area contributed by atoms with Gasteiger partial charge < -0.3 is 19.9 Å². The standard InChI is InChI=1S/C15H21NO5/c1-10(2)11-5-4-6-12(7-11)21-9-14(17)16-13(8-20-3)15(18)19/h4-7,10,13H,8-9H2,1-3H3,(H,16,17)(H,18,19). The SMILES string of the molecule is COCC(NC(=O)COc1cccc(C(C)C)c1)C(=O)O. The molecule has 0 aromatic heterocycles. The maximum atomic E-state index is 11.7. The quantitative estimate of drug-likeness (QED) is 0.757. The third-order valence-electron chi connectivity index (χ3n) is 2.86. The lowest BCUT2D eigenvalue weighted by molar-refractivity contribution is -0.143. The summed E-state index contributed by atoms with van der Waals surface area (Å²) >= 11 is 0. The average Bonchev–Trinajstić information content (AvgIpc) is 2.45. The van der Waals surface area contributed by atoms with Crippen molar-refractivity contribution in [3.05, 3.63) is 29.8 Å². The molecule has 1 aromatic rings. The maximum Gasteiger partial charge on any atom is 0.328 e. The van der Waals surface area contributed by atoms with E-state index in [-0.39, 0.29) is 13.2 Å². The maximum absolute atomic E-state index is 11.7. The van der Waals surface area contributed by atoms with Crippen molar-refractivity contribution in [3.8, 4) is 5.75 Å². The number of amides is 1. The second-order valence-corrected chi connectivity index (χ2v) is 4.93. The van der Waals surface area contributed by atoms with E-state index in [1.54, 1.807) is 6.07 Å². The third-order valence-corrected chi connectivity index (χ3v) is 2.86. The van der Waals surface area contributed by atoms with Crippen molar-refractivity contribution in [2.24, 2.45) is 0 Å². The molecular formula is C15H21NO5. The fourth-order valence-electron chi connectivity index (χ4n) is 1.69. The molecule has 0 saturated heterocycles. The summed E-state index contributed by atoms with van der Waals surface area (Å²) in [7, 11) is 1.37. The minimum Gasteiger partial charge on any atom is -0.484 e. The summed E-state index contributed by atoms with van der Waals surface area (Å²) in [6, 6.07) is 6.38. The molecule has 1 unspecified atom stereocenters. The first-order chi connectivity index (χ1) is 9.93. The molecule has 116 valence electrons. The number of aliphatic carboxylic acids is 1. The van der Waals surface area contributed by atoms with Crippen LogP contribution >= 0.6 is 0 Å². The van der Waals surface area contributed by atoms with Gasteiger partial charge in [0.2, 0.25) is 0 Å². The highest BCUT2D eigenvalue weighted by Gasteiger charge is 2.19. The number of hydrogen-bond donors (Lipinski definition) is 2. The first-order valence-corrected chi connectivity index (χ1v) is 6.68. The number of nitrogens with one attached hydrogen (secondary N) is 1. The molecule has 1 rings (SSSR count). The van der Waals surface area contributed by atoms with Gasteiger partial charge in [0.15, 0.2) is 12.6 Å². The molecule has 1 aromatic carbocycles. The zero-order chi connectivity index (χ0) is 15.8. The zero-order valence-electron chi connectivity index (χ0n) is 12.5. The summed E-state index contributed by atoms with van der Waals surface area (Å²) in [5.74, 6) is -0.711. The Morgan fingerprint density at radius 1 is 1.33 bits per heavy atom. The summed E-state index contributed by atoms with van der Waals surface area (Å²) in [5.41, 5.74) is 1.11. The molecule has 0 saturated carbocycles. The fraction of sp³-hybridized carbons (Fsp3) is 0.467. The fourth-order valence-corrected chi connectivity index (χ4v) is 1.69. The molecule has 1 atom stereocenters. The van der Waals surface area contributed by atoms with Gasteiger partial charge in [-0.25, -0.2) is 4.79 Å². The predicted octanol–water partition coefficient (Wildman–Crippen LogP) is 1.40. The Balaban J connectivity index is 2.52. The number of benzene rings is 1. The van der Waals surface area contributed by atoms with Crippen molar-refractivity contribution < 1.29 is 24.2 Å². The van der Waals surface area contributed by atoms with Gasteiger partial charge in [0.25, 0.3) is 5.91 Å². The Morgan fingerprint density at radius 3 is 2.62 bits per heavy atom. The predicted molar refractivity (Wildman–Crippen MR) is 77.5 cm³/mol. The lowest BCUT2D eigenvalue weighted by Crippen LogP contribution is -2.45. The smallest absolute Gasteiger partial charge is 0.328 e. The molecule has 0 aliphatic carbocycles. The molecular weight excluding hydrogens is 274 g/mol. The number of rotatable bonds is 8. The molecule has 6 nitrogen and oxygen atoms in total. The number of carbonyl (C=O) groups is 2. The second-order valence-electron chi connectivity index (χ2n) is 4.93. The van der Waals surface area contributed by atoms with E-state index in [1.165, 1.54) is 7.11 Å². The van der Waals surface area contributed by atoms with E-state index >= 15 is 0 Å². The second kappa shape index (κ2) is 8.26. The summed E-state index contributed by atoms with van der Waals surface area (Å²) in [4.78, 5) is 22.6. The van der Waals surface area contributed by atoms with Gasteiger partial charge in [0.1, 0.15) is 5.75 Å². The van der Waals surface area contributed by atoms with Gasteiger partial charge >= 0.3 is 5.97 Å². The topological polar surface area (TPSA) is 84.9 Å². The van der Waals surface area contributed by atoms with Crippen LogP contribution in [0.1, 0.15) is 25.3 Å². The minimum absolute atomic E-state index is 0.0933. The lowest BCUT2D eigenvalue weighted by atomic mass is 10.0. The molecule has 6 heteroatoms. The van der Waals surface area contributed by atoms with Crippen LogP contribution in [0.3, 0.4) is 0 Å². The van der Waals surface area contributed by atoms with Gasteiger partial charge in [0, 0.05) is 7.11 Å². The highest BCUT2D eigenvalue weighted by Crippen LogP contribution is 2.19. The summed E-state index contributed by atoms with van der Waals surface area (Å²) in [5, 5.41) is 11.2. The largest absolute Gasteiger partial charge is 0.484 e. The lowest BCUT2D eigenvalue weighted by Gasteiger charge is -2.14. The summed E-state index contributed by atoms with van der Waals surface area (Å²) in [6.45, 7) is 3.79. The van der Waals surface area contributed by atoms with Crippen molar-refractivity contribution in [1.29, 1.82) is 0 Å². The van der Waals surface area contributed by atoms with E-state index < -0.39 is 17.9 Å². The highest BCUT2D eigenvalue weighted by atomic mass is 16.5. The molecule has 0 bridgehead atoms. The van der Waals surface area contributed by atoms with Crippen molar-refractivity contribution in [2.75, 3.05) is 20.3 Å². The molecule has 2 N–H and O–H groups in total. The van der Waals surface area contributed by atoms with Crippen molar-refractivity contribution in [2.45, 2.75) is 25.8 Å². The molecule has 1 amide bonds. The van der Waals surface area contributed by atoms with Gasteiger partial charge in [-0.2, -0.15) is 0 Å². The Labute approximate surface area is 124 Å². The van der Waals surface area contributed by atoms with Crippen LogP contribution < -0.4 is 10.1 Å². The normalized spacial score (nSPS) is 12.0. The van der Waals surface area contributed by atoms with Crippen LogP contribution in [-0.2, 0) is 14.3 Å². The molecule has 0 fully saturated rings. The van der Waals surface area contributed by atoms with Crippen molar-refractivity contribution in [1.82, 2.24) is 5.32 Å². The monoisotopic (exact) mass is 295 g/mol. The first-order valence-electron chi connectivity index (χ1n) is 6.68. The Kier molecular flexibility index (Phi) is 6.68. The van der Waals surface area contributed by atoms with E-state index in [1.807, 2.05) is 18.2 Å². The van der Waals surface area contributed by atoms with Gasteiger partial charge in [-0.15, -0.1) is 0 Å². The van der Waals surface area contributed by atoms with Crippen LogP contribution in [0.25, 0.3) is 0 Å². The Hall–Kier alpha value is -2.08. The van der Waals surface area contributed by atoms with E-state index in [0.717, 1.165) is 5.56 Å². The number of carbonyl (C=O) groups excluding carboxylic acids is 1. The molecule has 0 radical (unpaired) electrons. The summed E-state index contributed by atoms with van der Waals surface area (Å²) < 4.78 is 10.1. The van der Waals surface area contributed by atoms with Crippen LogP contribution in [0.2, 0.25) is 0 Å². The molecule has 21 heavy (non-hydrogen) atoms. The average molecular weight is 295 g/mol. The number of methoxy groups -OCH3 is 1. The van der Waals surface area contributed by atoms with E-state index in [9.17, 15) is 9.59 Å². The van der Waals surface area contributed by atoms with Crippen LogP contribution in [0, 0.1) is 0 Å². The van der Waals surface area contributed by atoms with Crippen LogP contribution in [0.4, 0.5) is 0 Å². The third kappa shape index (κ3) is 5.83. The van der Waals surface area contributed by atoms with E-state index in [0.29, 0.717) is 11.7 Å². The minimum atomic E-state index is -1.15. The number of ether oxygens (including phenoxy) is 2. The molecule has 0 aliphatic heterocycles. The number of hydrogen-bond acceptors (Lipinski definition) is 4. The number of carboxylic acid groups (broad SMARTS) is 1. The van der Waals surface area contributed by atoms with Gasteiger partial charge in [-0.05, 0) is 23.6 Å². The summed E-state index contributed by atoms with van der Waals surface area (Å²) in [6.07, 6.45) is 0. The van der Waals surface area contributed by atoms with Crippen molar-refractivity contribution in [3.63, 3.8) is 0 Å².